The molecule has 3 heteroatoms. The van der Waals surface area contributed by atoms with E-state index >= 15 is 0 Å². The first kappa shape index (κ1) is 9.74. The molecule has 11 heavy (non-hydrogen) atoms. The van der Waals surface area contributed by atoms with Gasteiger partial charge in [0.25, 0.3) is 0 Å². The van der Waals surface area contributed by atoms with Crippen LogP contribution in [-0.4, -0.2) is 29.3 Å². The summed E-state index contributed by atoms with van der Waals surface area (Å²) >= 11 is 2.39. The maximum atomic E-state index is 3.39. The van der Waals surface area contributed by atoms with Gasteiger partial charge < -0.3 is 5.32 Å². The summed E-state index contributed by atoms with van der Waals surface area (Å²) in [6, 6.07) is 1.46. The van der Waals surface area contributed by atoms with Gasteiger partial charge in [-0.1, -0.05) is 12.8 Å². The van der Waals surface area contributed by atoms with Gasteiger partial charge in [0.1, 0.15) is 0 Å². The molecule has 1 fully saturated rings. The lowest BCUT2D eigenvalue weighted by molar-refractivity contribution is 0.256. The smallest absolute Gasteiger partial charge is 0.0344 e. The summed E-state index contributed by atoms with van der Waals surface area (Å²) < 4.78 is 2.32. The molecule has 0 aromatic heterocycles. The minimum atomic E-state index is 0.714. The van der Waals surface area contributed by atoms with Gasteiger partial charge in [0.2, 0.25) is 0 Å². The van der Waals surface area contributed by atoms with E-state index in [9.17, 15) is 0 Å². The minimum Gasteiger partial charge on any atom is -0.315 e. The molecular weight excluding hydrogens is 251 g/mol. The first-order valence-electron chi connectivity index (χ1n) is 4.31. The van der Waals surface area contributed by atoms with Gasteiger partial charge >= 0.3 is 0 Å². The van der Waals surface area contributed by atoms with Crippen molar-refractivity contribution in [1.29, 1.82) is 0 Å². The van der Waals surface area contributed by atoms with Crippen LogP contribution in [0.15, 0.2) is 0 Å². The average molecular weight is 268 g/mol. The average Bonchev–Trinajstić information content (AvgIpc) is 2.04. The SMILES string of the molecule is CNC1CCCCC1N(C)I. The van der Waals surface area contributed by atoms with Gasteiger partial charge in [0.05, 0.1) is 0 Å². The molecule has 1 rings (SSSR count). The fraction of sp³-hybridized carbons (Fsp3) is 1.00. The Morgan fingerprint density at radius 2 is 2.00 bits per heavy atom. The lowest BCUT2D eigenvalue weighted by Crippen LogP contribution is -2.45. The van der Waals surface area contributed by atoms with Crippen LogP contribution in [-0.2, 0) is 0 Å². The van der Waals surface area contributed by atoms with Crippen molar-refractivity contribution in [2.24, 2.45) is 0 Å². The van der Waals surface area contributed by atoms with E-state index in [1.165, 1.54) is 25.7 Å². The van der Waals surface area contributed by atoms with E-state index in [1.54, 1.807) is 0 Å². The molecule has 2 atom stereocenters. The predicted octanol–water partition coefficient (Wildman–Crippen LogP) is 1.80. The third-order valence-electron chi connectivity index (χ3n) is 2.56. The molecule has 0 amide bonds. The highest BCUT2D eigenvalue weighted by atomic mass is 127. The number of likely N-dealkylation sites (N-methyl/N-ethyl adjacent to an activating group) is 2. The molecule has 1 saturated carbocycles. The maximum Gasteiger partial charge on any atom is 0.0344 e. The minimum absolute atomic E-state index is 0.714. The molecular formula is C8H17IN2. The molecule has 0 aromatic carbocycles. The van der Waals surface area contributed by atoms with Crippen LogP contribution in [0.1, 0.15) is 25.7 Å². The van der Waals surface area contributed by atoms with Crippen LogP contribution in [0.25, 0.3) is 0 Å². The van der Waals surface area contributed by atoms with Crippen LogP contribution in [0.3, 0.4) is 0 Å². The Balaban J connectivity index is 2.44. The summed E-state index contributed by atoms with van der Waals surface area (Å²) in [7, 11) is 4.24. The Morgan fingerprint density at radius 1 is 1.36 bits per heavy atom. The summed E-state index contributed by atoms with van der Waals surface area (Å²) in [5.41, 5.74) is 0. The van der Waals surface area contributed by atoms with E-state index in [0.29, 0.717) is 6.04 Å². The Bertz CT molecular complexity index is 117. The maximum absolute atomic E-state index is 3.39. The van der Waals surface area contributed by atoms with Crippen LogP contribution in [0.5, 0.6) is 0 Å². The second kappa shape index (κ2) is 4.62. The number of hydrogen-bond acceptors (Lipinski definition) is 2. The Labute approximate surface area is 83.2 Å². The normalized spacial score (nSPS) is 32.7. The van der Waals surface area contributed by atoms with Crippen molar-refractivity contribution in [2.75, 3.05) is 14.1 Å². The molecule has 1 N–H and O–H groups in total. The lowest BCUT2D eigenvalue weighted by atomic mass is 9.91. The van der Waals surface area contributed by atoms with E-state index in [0.717, 1.165) is 6.04 Å². The molecule has 2 unspecified atom stereocenters. The summed E-state index contributed by atoms with van der Waals surface area (Å²) in [6.07, 6.45) is 5.49. The van der Waals surface area contributed by atoms with Gasteiger partial charge in [-0.15, -0.1) is 0 Å². The second-order valence-corrected chi connectivity index (χ2v) is 4.79. The van der Waals surface area contributed by atoms with Gasteiger partial charge in [0.15, 0.2) is 0 Å². The molecule has 0 radical (unpaired) electrons. The fourth-order valence-corrected chi connectivity index (χ4v) is 2.54. The molecule has 0 aliphatic heterocycles. The molecule has 1 aliphatic rings. The monoisotopic (exact) mass is 268 g/mol. The summed E-state index contributed by atoms with van der Waals surface area (Å²) in [6.45, 7) is 0. The second-order valence-electron chi connectivity index (χ2n) is 3.27. The van der Waals surface area contributed by atoms with Crippen LogP contribution in [0.2, 0.25) is 0 Å². The van der Waals surface area contributed by atoms with Crippen LogP contribution in [0, 0.1) is 0 Å². The third kappa shape index (κ3) is 2.56. The standard InChI is InChI=1S/C8H17IN2/c1-10-7-5-3-4-6-8(7)11(2)9/h7-8,10H,3-6H2,1-2H3. The molecule has 1 aliphatic carbocycles. The molecule has 0 saturated heterocycles. The summed E-state index contributed by atoms with van der Waals surface area (Å²) in [5, 5.41) is 3.39. The van der Waals surface area contributed by atoms with Crippen molar-refractivity contribution in [3.63, 3.8) is 0 Å². The van der Waals surface area contributed by atoms with Gasteiger partial charge in [-0.3, -0.25) is 0 Å². The van der Waals surface area contributed by atoms with Crippen LogP contribution >= 0.6 is 22.9 Å². The summed E-state index contributed by atoms with van der Waals surface area (Å²) in [5.74, 6) is 0. The van der Waals surface area contributed by atoms with Gasteiger partial charge in [-0.2, -0.15) is 0 Å². The molecule has 0 bridgehead atoms. The third-order valence-corrected chi connectivity index (χ3v) is 3.27. The fourth-order valence-electron chi connectivity index (χ4n) is 1.87. The zero-order valence-corrected chi connectivity index (χ0v) is 9.47. The van der Waals surface area contributed by atoms with E-state index in [1.807, 2.05) is 0 Å². The van der Waals surface area contributed by atoms with Crippen molar-refractivity contribution in [2.45, 2.75) is 37.8 Å². The predicted molar refractivity (Wildman–Crippen MR) is 56.9 cm³/mol. The molecule has 0 spiro atoms. The number of nitrogens with zero attached hydrogens (tertiary/aromatic N) is 1. The molecule has 2 nitrogen and oxygen atoms in total. The van der Waals surface area contributed by atoms with Crippen molar-refractivity contribution in [1.82, 2.24) is 8.43 Å². The number of nitrogens with one attached hydrogen (secondary N) is 1. The van der Waals surface area contributed by atoms with Crippen molar-refractivity contribution < 1.29 is 0 Å². The highest BCUT2D eigenvalue weighted by Gasteiger charge is 2.25. The number of rotatable bonds is 2. The Kier molecular flexibility index (Phi) is 4.09. The Morgan fingerprint density at radius 3 is 2.45 bits per heavy atom. The number of hydrogen-bond donors (Lipinski definition) is 1. The van der Waals surface area contributed by atoms with Crippen molar-refractivity contribution in [3.05, 3.63) is 0 Å². The van der Waals surface area contributed by atoms with E-state index in [2.05, 4.69) is 45.4 Å². The first-order chi connectivity index (χ1) is 5.25. The number of halogens is 1. The van der Waals surface area contributed by atoms with Gasteiger partial charge in [0, 0.05) is 34.9 Å². The van der Waals surface area contributed by atoms with E-state index in [4.69, 9.17) is 0 Å². The zero-order chi connectivity index (χ0) is 8.27. The van der Waals surface area contributed by atoms with Crippen molar-refractivity contribution in [3.8, 4) is 0 Å². The Hall–Kier alpha value is 0.650. The van der Waals surface area contributed by atoms with E-state index < -0.39 is 0 Å². The quantitative estimate of drug-likeness (QED) is 0.607. The van der Waals surface area contributed by atoms with Gasteiger partial charge in [-0.05, 0) is 26.9 Å². The van der Waals surface area contributed by atoms with E-state index in [-0.39, 0.29) is 0 Å². The largest absolute Gasteiger partial charge is 0.315 e. The van der Waals surface area contributed by atoms with Crippen LogP contribution < -0.4 is 5.32 Å². The summed E-state index contributed by atoms with van der Waals surface area (Å²) in [4.78, 5) is 0. The highest BCUT2D eigenvalue weighted by molar-refractivity contribution is 14.1. The first-order valence-corrected chi connectivity index (χ1v) is 5.28. The topological polar surface area (TPSA) is 15.3 Å². The van der Waals surface area contributed by atoms with Gasteiger partial charge in [-0.25, -0.2) is 3.11 Å². The highest BCUT2D eigenvalue weighted by Crippen LogP contribution is 2.23. The zero-order valence-electron chi connectivity index (χ0n) is 7.31. The molecule has 0 aromatic rings. The molecule has 66 valence electrons. The lowest BCUT2D eigenvalue weighted by Gasteiger charge is -2.34. The van der Waals surface area contributed by atoms with Crippen LogP contribution in [0.4, 0.5) is 0 Å². The molecule has 0 heterocycles. The van der Waals surface area contributed by atoms with Crippen molar-refractivity contribution >= 4 is 22.9 Å².